The molecule has 3 fully saturated rings. The molecule has 0 aromatic heterocycles. The van der Waals surface area contributed by atoms with Gasteiger partial charge in [-0.25, -0.2) is 13.2 Å². The summed E-state index contributed by atoms with van der Waals surface area (Å²) < 4.78 is 46.1. The van der Waals surface area contributed by atoms with Crippen LogP contribution in [-0.2, 0) is 4.79 Å². The molecule has 3 aliphatic rings. The maximum absolute atomic E-state index is 13.8. The molecule has 0 N–H and O–H groups in total. The van der Waals surface area contributed by atoms with Gasteiger partial charge < -0.3 is 14.5 Å². The Hall–Kier alpha value is -1.76. The van der Waals surface area contributed by atoms with E-state index in [0.717, 1.165) is 31.8 Å². The van der Waals surface area contributed by atoms with Gasteiger partial charge in [-0.2, -0.15) is 0 Å². The SMILES string of the molecule is CC1CCCC1N1CCC(C(=O)N2CCC(Oc3c(F)cc(F)cc3F)CC2)CC1. The summed E-state index contributed by atoms with van der Waals surface area (Å²) in [6.07, 6.45) is 6.37. The molecule has 1 amide bonds. The number of likely N-dealkylation sites (tertiary alicyclic amines) is 2. The molecule has 2 atom stereocenters. The molecule has 1 aromatic rings. The number of hydrogen-bond donors (Lipinski definition) is 0. The molecule has 7 heteroatoms. The largest absolute Gasteiger partial charge is 0.484 e. The van der Waals surface area contributed by atoms with E-state index in [2.05, 4.69) is 11.8 Å². The van der Waals surface area contributed by atoms with Gasteiger partial charge in [0.25, 0.3) is 0 Å². The average molecular weight is 425 g/mol. The van der Waals surface area contributed by atoms with Crippen molar-refractivity contribution in [3.8, 4) is 5.75 Å². The highest BCUT2D eigenvalue weighted by atomic mass is 19.1. The Morgan fingerprint density at radius 1 is 0.933 bits per heavy atom. The molecule has 0 radical (unpaired) electrons. The van der Waals surface area contributed by atoms with Crippen molar-refractivity contribution in [2.24, 2.45) is 11.8 Å². The number of halogens is 3. The summed E-state index contributed by atoms with van der Waals surface area (Å²) in [5.41, 5.74) is 0. The zero-order chi connectivity index (χ0) is 21.3. The molecule has 2 heterocycles. The monoisotopic (exact) mass is 424 g/mol. The fourth-order valence-electron chi connectivity index (χ4n) is 5.41. The van der Waals surface area contributed by atoms with Gasteiger partial charge in [-0.3, -0.25) is 4.79 Å². The number of amides is 1. The molecular formula is C23H31F3N2O2. The van der Waals surface area contributed by atoms with Gasteiger partial charge in [0, 0.05) is 50.0 Å². The Morgan fingerprint density at radius 3 is 2.13 bits per heavy atom. The first kappa shape index (κ1) is 21.5. The molecule has 1 aromatic carbocycles. The third-order valence-corrected chi connectivity index (χ3v) is 7.17. The molecule has 0 spiro atoms. The minimum absolute atomic E-state index is 0.0717. The van der Waals surface area contributed by atoms with E-state index < -0.39 is 23.2 Å². The van der Waals surface area contributed by atoms with Crippen LogP contribution < -0.4 is 4.74 Å². The van der Waals surface area contributed by atoms with Crippen molar-refractivity contribution >= 4 is 5.91 Å². The van der Waals surface area contributed by atoms with Crippen LogP contribution in [0.25, 0.3) is 0 Å². The highest BCUT2D eigenvalue weighted by molar-refractivity contribution is 5.79. The van der Waals surface area contributed by atoms with E-state index in [-0.39, 0.29) is 17.9 Å². The number of hydrogen-bond acceptors (Lipinski definition) is 3. The quantitative estimate of drug-likeness (QED) is 0.719. The third-order valence-electron chi connectivity index (χ3n) is 7.17. The third kappa shape index (κ3) is 4.61. The van der Waals surface area contributed by atoms with Crippen LogP contribution >= 0.6 is 0 Å². The molecule has 0 bridgehead atoms. The lowest BCUT2D eigenvalue weighted by molar-refractivity contribution is -0.139. The van der Waals surface area contributed by atoms with Crippen LogP contribution in [0.2, 0.25) is 0 Å². The first-order valence-electron chi connectivity index (χ1n) is 11.3. The fourth-order valence-corrected chi connectivity index (χ4v) is 5.41. The van der Waals surface area contributed by atoms with E-state index >= 15 is 0 Å². The van der Waals surface area contributed by atoms with Crippen LogP contribution in [-0.4, -0.2) is 54.0 Å². The Bertz CT molecular complexity index is 736. The number of carbonyl (C=O) groups is 1. The summed E-state index contributed by atoms with van der Waals surface area (Å²) in [6, 6.07) is 1.92. The van der Waals surface area contributed by atoms with Gasteiger partial charge in [-0.05, 0) is 44.7 Å². The molecule has 1 saturated carbocycles. The molecule has 30 heavy (non-hydrogen) atoms. The number of benzene rings is 1. The molecular weight excluding hydrogens is 393 g/mol. The summed E-state index contributed by atoms with van der Waals surface area (Å²) in [5.74, 6) is -2.54. The van der Waals surface area contributed by atoms with Crippen molar-refractivity contribution in [3.05, 3.63) is 29.6 Å². The van der Waals surface area contributed by atoms with E-state index in [1.165, 1.54) is 19.3 Å². The molecule has 2 aliphatic heterocycles. The van der Waals surface area contributed by atoms with Gasteiger partial charge in [0.2, 0.25) is 5.91 Å². The number of nitrogens with zero attached hydrogens (tertiary/aromatic N) is 2. The lowest BCUT2D eigenvalue weighted by atomic mass is 9.92. The number of piperidine rings is 2. The van der Waals surface area contributed by atoms with Crippen molar-refractivity contribution in [2.45, 2.75) is 64.0 Å². The standard InChI is InChI=1S/C23H31F3N2O2/c1-15-3-2-4-21(15)27-9-5-16(6-10-27)23(29)28-11-7-18(8-12-28)30-22-19(25)13-17(24)14-20(22)26/h13-16,18,21H,2-12H2,1H3. The van der Waals surface area contributed by atoms with E-state index in [0.29, 0.717) is 44.1 Å². The van der Waals surface area contributed by atoms with Gasteiger partial charge in [-0.1, -0.05) is 13.3 Å². The molecule has 4 rings (SSSR count). The van der Waals surface area contributed by atoms with Gasteiger partial charge in [0.05, 0.1) is 0 Å². The summed E-state index contributed by atoms with van der Waals surface area (Å²) in [4.78, 5) is 17.4. The van der Waals surface area contributed by atoms with Crippen molar-refractivity contribution in [3.63, 3.8) is 0 Å². The predicted octanol–water partition coefficient (Wildman–Crippen LogP) is 4.37. The molecule has 1 aliphatic carbocycles. The highest BCUT2D eigenvalue weighted by Crippen LogP contribution is 2.33. The van der Waals surface area contributed by atoms with Gasteiger partial charge in [-0.15, -0.1) is 0 Å². The number of ether oxygens (including phenoxy) is 1. The highest BCUT2D eigenvalue weighted by Gasteiger charge is 2.35. The van der Waals surface area contributed by atoms with Crippen molar-refractivity contribution in [1.29, 1.82) is 0 Å². The molecule has 2 unspecified atom stereocenters. The van der Waals surface area contributed by atoms with Crippen LogP contribution in [0.4, 0.5) is 13.2 Å². The normalized spacial score (nSPS) is 26.9. The topological polar surface area (TPSA) is 32.8 Å². The average Bonchev–Trinajstić information content (AvgIpc) is 3.16. The lowest BCUT2D eigenvalue weighted by Gasteiger charge is -2.40. The first-order chi connectivity index (χ1) is 14.4. The van der Waals surface area contributed by atoms with Crippen molar-refractivity contribution in [1.82, 2.24) is 9.80 Å². The first-order valence-corrected chi connectivity index (χ1v) is 11.3. The van der Waals surface area contributed by atoms with E-state index in [1.54, 1.807) is 0 Å². The Labute approximate surface area is 176 Å². The van der Waals surface area contributed by atoms with E-state index in [4.69, 9.17) is 4.74 Å². The van der Waals surface area contributed by atoms with Crippen LogP contribution in [0.1, 0.15) is 51.9 Å². The summed E-state index contributed by atoms with van der Waals surface area (Å²) in [7, 11) is 0. The molecule has 166 valence electrons. The summed E-state index contributed by atoms with van der Waals surface area (Å²) in [5, 5.41) is 0. The Balaban J connectivity index is 1.25. The second-order valence-electron chi connectivity index (χ2n) is 9.13. The zero-order valence-corrected chi connectivity index (χ0v) is 17.6. The van der Waals surface area contributed by atoms with Crippen LogP contribution in [0.5, 0.6) is 5.75 Å². The minimum Gasteiger partial charge on any atom is -0.484 e. The van der Waals surface area contributed by atoms with Gasteiger partial charge in [0.15, 0.2) is 17.4 Å². The van der Waals surface area contributed by atoms with Crippen LogP contribution in [0, 0.1) is 29.3 Å². The van der Waals surface area contributed by atoms with Crippen molar-refractivity contribution in [2.75, 3.05) is 26.2 Å². The van der Waals surface area contributed by atoms with E-state index in [1.807, 2.05) is 4.90 Å². The Kier molecular flexibility index (Phi) is 6.56. The summed E-state index contributed by atoms with van der Waals surface area (Å²) in [6.45, 7) is 5.37. The summed E-state index contributed by atoms with van der Waals surface area (Å²) >= 11 is 0. The maximum Gasteiger partial charge on any atom is 0.225 e. The van der Waals surface area contributed by atoms with Crippen molar-refractivity contribution < 1.29 is 22.7 Å². The number of rotatable bonds is 4. The fraction of sp³-hybridized carbons (Fsp3) is 0.696. The molecule has 2 saturated heterocycles. The smallest absolute Gasteiger partial charge is 0.225 e. The van der Waals surface area contributed by atoms with E-state index in [9.17, 15) is 18.0 Å². The second kappa shape index (κ2) is 9.16. The maximum atomic E-state index is 13.8. The second-order valence-corrected chi connectivity index (χ2v) is 9.13. The van der Waals surface area contributed by atoms with Gasteiger partial charge in [0.1, 0.15) is 11.9 Å². The van der Waals surface area contributed by atoms with Gasteiger partial charge >= 0.3 is 0 Å². The number of carbonyl (C=O) groups excluding carboxylic acids is 1. The minimum atomic E-state index is -1.03. The van der Waals surface area contributed by atoms with Crippen LogP contribution in [0.15, 0.2) is 12.1 Å². The molecule has 4 nitrogen and oxygen atoms in total. The van der Waals surface area contributed by atoms with Crippen LogP contribution in [0.3, 0.4) is 0 Å². The Morgan fingerprint density at radius 2 is 1.57 bits per heavy atom. The predicted molar refractivity (Wildman–Crippen MR) is 108 cm³/mol. The lowest BCUT2D eigenvalue weighted by Crippen LogP contribution is -2.49. The zero-order valence-electron chi connectivity index (χ0n) is 17.6.